The van der Waals surface area contributed by atoms with Crippen molar-refractivity contribution >= 4 is 16.0 Å². The minimum atomic E-state index is -4.11. The van der Waals surface area contributed by atoms with Gasteiger partial charge in [0.1, 0.15) is 11.8 Å². The molecule has 2 aliphatic rings. The summed E-state index contributed by atoms with van der Waals surface area (Å²) in [6.07, 6.45) is 2.43. The minimum absolute atomic E-state index is 0.00728. The molecular formula is C24H29NO7S. The highest BCUT2D eigenvalue weighted by molar-refractivity contribution is 7.89. The van der Waals surface area contributed by atoms with E-state index in [2.05, 4.69) is 4.72 Å². The summed E-state index contributed by atoms with van der Waals surface area (Å²) in [6.45, 7) is 2.66. The molecule has 1 saturated carbocycles. The number of carboxylic acids is 1. The van der Waals surface area contributed by atoms with E-state index in [-0.39, 0.29) is 4.90 Å². The fourth-order valence-corrected chi connectivity index (χ4v) is 6.17. The number of aliphatic carboxylic acids is 1. The monoisotopic (exact) mass is 475 g/mol. The van der Waals surface area contributed by atoms with Crippen LogP contribution in [0.25, 0.3) is 11.1 Å². The van der Waals surface area contributed by atoms with Gasteiger partial charge in [0.2, 0.25) is 10.0 Å². The molecular weight excluding hydrogens is 446 g/mol. The zero-order valence-corrected chi connectivity index (χ0v) is 19.6. The van der Waals surface area contributed by atoms with Gasteiger partial charge in [0.25, 0.3) is 0 Å². The quantitative estimate of drug-likeness (QED) is 0.631. The lowest BCUT2D eigenvalue weighted by atomic mass is 9.76. The molecule has 0 bridgehead atoms. The zero-order valence-electron chi connectivity index (χ0n) is 18.7. The number of ether oxygens (including phenoxy) is 3. The van der Waals surface area contributed by atoms with Gasteiger partial charge >= 0.3 is 5.97 Å². The Morgan fingerprint density at radius 3 is 2.12 bits per heavy atom. The van der Waals surface area contributed by atoms with E-state index in [1.807, 2.05) is 24.3 Å². The maximum absolute atomic E-state index is 13.2. The van der Waals surface area contributed by atoms with Crippen molar-refractivity contribution < 1.29 is 32.5 Å². The summed E-state index contributed by atoms with van der Waals surface area (Å²) in [5.74, 6) is -1.63. The van der Waals surface area contributed by atoms with Gasteiger partial charge in [-0.25, -0.2) is 8.42 Å². The second-order valence-corrected chi connectivity index (χ2v) is 10.4. The molecule has 0 radical (unpaired) electrons. The average Bonchev–Trinajstić information content (AvgIpc) is 3.13. The first-order chi connectivity index (χ1) is 15.7. The summed E-state index contributed by atoms with van der Waals surface area (Å²) in [7, 11) is -2.52. The molecule has 1 aliphatic carbocycles. The van der Waals surface area contributed by atoms with Crippen molar-refractivity contribution in [2.75, 3.05) is 20.3 Å². The van der Waals surface area contributed by atoms with E-state index < -0.39 is 33.2 Å². The van der Waals surface area contributed by atoms with E-state index in [0.29, 0.717) is 32.5 Å². The van der Waals surface area contributed by atoms with E-state index in [1.54, 1.807) is 26.2 Å². The van der Waals surface area contributed by atoms with Gasteiger partial charge in [-0.2, -0.15) is 4.72 Å². The highest BCUT2D eigenvalue weighted by Crippen LogP contribution is 2.53. The first-order valence-electron chi connectivity index (χ1n) is 11.0. The predicted molar refractivity (Wildman–Crippen MR) is 121 cm³/mol. The van der Waals surface area contributed by atoms with Gasteiger partial charge in [-0.1, -0.05) is 31.2 Å². The van der Waals surface area contributed by atoms with Crippen LogP contribution in [0, 0.1) is 5.41 Å². The van der Waals surface area contributed by atoms with Crippen LogP contribution in [-0.2, 0) is 24.3 Å². The highest BCUT2D eigenvalue weighted by Gasteiger charge is 2.61. The maximum atomic E-state index is 13.2. The van der Waals surface area contributed by atoms with Crippen molar-refractivity contribution in [3.8, 4) is 16.9 Å². The number of nitrogens with one attached hydrogen (secondary N) is 1. The molecule has 33 heavy (non-hydrogen) atoms. The Bertz CT molecular complexity index is 1090. The number of rotatable bonds is 7. The number of hydrogen-bond acceptors (Lipinski definition) is 6. The Kier molecular flexibility index (Phi) is 6.50. The van der Waals surface area contributed by atoms with Gasteiger partial charge < -0.3 is 19.3 Å². The number of carbonyl (C=O) groups is 1. The SMILES string of the molecule is COc1ccc(-c2ccc(S(=O)(=O)NC(C(=O)O)C3(C)CCCC34OCCCO4)cc2)cc1. The number of carboxylic acid groups (broad SMARTS) is 1. The molecule has 8 nitrogen and oxygen atoms in total. The summed E-state index contributed by atoms with van der Waals surface area (Å²) in [5, 5.41) is 10.0. The Morgan fingerprint density at radius 2 is 1.58 bits per heavy atom. The van der Waals surface area contributed by atoms with Crippen LogP contribution in [0.2, 0.25) is 0 Å². The van der Waals surface area contributed by atoms with Crippen LogP contribution in [0.15, 0.2) is 53.4 Å². The Balaban J connectivity index is 1.58. The van der Waals surface area contributed by atoms with Gasteiger partial charge in [0.15, 0.2) is 5.79 Å². The molecule has 2 atom stereocenters. The first-order valence-corrected chi connectivity index (χ1v) is 12.5. The molecule has 2 fully saturated rings. The lowest BCUT2D eigenvalue weighted by molar-refractivity contribution is -0.312. The van der Waals surface area contributed by atoms with E-state index in [1.165, 1.54) is 12.1 Å². The fourth-order valence-electron chi connectivity index (χ4n) is 4.86. The molecule has 1 heterocycles. The second-order valence-electron chi connectivity index (χ2n) is 8.72. The molecule has 0 amide bonds. The van der Waals surface area contributed by atoms with Crippen molar-refractivity contribution in [2.24, 2.45) is 5.41 Å². The van der Waals surface area contributed by atoms with Crippen LogP contribution in [0.5, 0.6) is 5.75 Å². The highest BCUT2D eigenvalue weighted by atomic mass is 32.2. The third-order valence-electron chi connectivity index (χ3n) is 6.78. The van der Waals surface area contributed by atoms with Crippen LogP contribution in [0.1, 0.15) is 32.6 Å². The summed E-state index contributed by atoms with van der Waals surface area (Å²) < 4.78 is 45.8. The summed E-state index contributed by atoms with van der Waals surface area (Å²) >= 11 is 0. The molecule has 0 aromatic heterocycles. The Hall–Kier alpha value is -2.46. The van der Waals surface area contributed by atoms with Gasteiger partial charge in [0.05, 0.1) is 25.2 Å². The zero-order chi connectivity index (χ0) is 23.7. The third kappa shape index (κ3) is 4.38. The minimum Gasteiger partial charge on any atom is -0.497 e. The molecule has 178 valence electrons. The number of hydrogen-bond donors (Lipinski definition) is 2. The molecule has 1 aliphatic heterocycles. The fraction of sp³-hybridized carbons (Fsp3) is 0.458. The van der Waals surface area contributed by atoms with Crippen LogP contribution in [0.4, 0.5) is 0 Å². The van der Waals surface area contributed by atoms with E-state index in [9.17, 15) is 18.3 Å². The number of methoxy groups -OCH3 is 1. The van der Waals surface area contributed by atoms with E-state index in [0.717, 1.165) is 23.3 Å². The summed E-state index contributed by atoms with van der Waals surface area (Å²) in [4.78, 5) is 12.3. The average molecular weight is 476 g/mol. The lowest BCUT2D eigenvalue weighted by Gasteiger charge is -2.47. The van der Waals surface area contributed by atoms with Crippen molar-refractivity contribution in [2.45, 2.75) is 49.3 Å². The number of sulfonamides is 1. The topological polar surface area (TPSA) is 111 Å². The summed E-state index contributed by atoms with van der Waals surface area (Å²) in [6, 6.07) is 12.3. The second kappa shape index (κ2) is 9.06. The molecule has 1 saturated heterocycles. The largest absolute Gasteiger partial charge is 0.497 e. The van der Waals surface area contributed by atoms with E-state index in [4.69, 9.17) is 14.2 Å². The van der Waals surface area contributed by atoms with Crippen molar-refractivity contribution in [3.05, 3.63) is 48.5 Å². The molecule has 1 spiro atoms. The molecule has 2 N–H and O–H groups in total. The van der Waals surface area contributed by atoms with Crippen molar-refractivity contribution in [1.82, 2.24) is 4.72 Å². The van der Waals surface area contributed by atoms with Crippen LogP contribution < -0.4 is 9.46 Å². The molecule has 2 aromatic rings. The van der Waals surface area contributed by atoms with Crippen molar-refractivity contribution in [3.63, 3.8) is 0 Å². The van der Waals surface area contributed by atoms with Gasteiger partial charge in [-0.05, 0) is 54.7 Å². The Morgan fingerprint density at radius 1 is 1.00 bits per heavy atom. The normalized spacial score (nSPS) is 23.3. The molecule has 2 unspecified atom stereocenters. The lowest BCUT2D eigenvalue weighted by Crippen LogP contribution is -2.62. The Labute approximate surface area is 193 Å². The van der Waals surface area contributed by atoms with E-state index >= 15 is 0 Å². The number of benzene rings is 2. The van der Waals surface area contributed by atoms with Gasteiger partial charge in [-0.15, -0.1) is 0 Å². The molecule has 9 heteroatoms. The maximum Gasteiger partial charge on any atom is 0.322 e. The smallest absolute Gasteiger partial charge is 0.322 e. The predicted octanol–water partition coefficient (Wildman–Crippen LogP) is 3.42. The third-order valence-corrected chi connectivity index (χ3v) is 8.22. The summed E-state index contributed by atoms with van der Waals surface area (Å²) in [5.41, 5.74) is 0.690. The van der Waals surface area contributed by atoms with Crippen LogP contribution in [0.3, 0.4) is 0 Å². The standard InChI is InChI=1S/C24H29NO7S/c1-23(13-3-14-24(23)31-15-4-16-32-24)21(22(26)27)25-33(28,29)20-11-7-18(8-12-20)17-5-9-19(30-2)10-6-17/h5-12,21,25H,3-4,13-16H2,1-2H3,(H,26,27). The van der Waals surface area contributed by atoms with Crippen molar-refractivity contribution in [1.29, 1.82) is 0 Å². The molecule has 2 aromatic carbocycles. The molecule has 4 rings (SSSR count). The first kappa shape index (κ1) is 23.7. The van der Waals surface area contributed by atoms with Gasteiger partial charge in [-0.3, -0.25) is 4.79 Å². The van der Waals surface area contributed by atoms with Gasteiger partial charge in [0, 0.05) is 11.8 Å². The van der Waals surface area contributed by atoms with Crippen LogP contribution in [-0.4, -0.2) is 51.6 Å². The van der Waals surface area contributed by atoms with Crippen LogP contribution >= 0.6 is 0 Å².